The number of aromatic nitrogens is 1. The second-order valence-corrected chi connectivity index (χ2v) is 8.34. The number of likely N-dealkylation sites (tertiary alicyclic amines) is 1. The van der Waals surface area contributed by atoms with Crippen LogP contribution in [0.5, 0.6) is 0 Å². The van der Waals surface area contributed by atoms with E-state index in [9.17, 15) is 13.6 Å². The molecule has 1 aliphatic rings. The zero-order valence-electron chi connectivity index (χ0n) is 17.9. The Balaban J connectivity index is 1.49. The number of benzene rings is 2. The summed E-state index contributed by atoms with van der Waals surface area (Å²) in [5.74, 6) is -1.95. The van der Waals surface area contributed by atoms with E-state index in [-0.39, 0.29) is 11.1 Å². The highest BCUT2D eigenvalue weighted by atomic mass is 19.2. The molecule has 2 N–H and O–H groups in total. The van der Waals surface area contributed by atoms with Crippen LogP contribution >= 0.6 is 0 Å². The third kappa shape index (κ3) is 4.94. The van der Waals surface area contributed by atoms with Crippen LogP contribution < -0.4 is 10.6 Å². The fourth-order valence-corrected chi connectivity index (χ4v) is 4.16. The molecule has 0 atom stereocenters. The predicted molar refractivity (Wildman–Crippen MR) is 121 cm³/mol. The van der Waals surface area contributed by atoms with Gasteiger partial charge >= 0.3 is 6.03 Å². The number of anilines is 1. The molecule has 1 fully saturated rings. The van der Waals surface area contributed by atoms with Crippen molar-refractivity contribution in [2.75, 3.05) is 32.0 Å². The molecule has 0 bridgehead atoms. The van der Waals surface area contributed by atoms with E-state index in [1.54, 1.807) is 6.20 Å². The quantitative estimate of drug-likeness (QED) is 0.603. The monoisotopic (exact) mass is 436 g/mol. The molecule has 1 saturated heterocycles. The SMILES string of the molecule is CN1CCC(CNC(=O)Nc2ccc(F)c(F)c2)(c2ccc(-c3cccnc3)cc2)CC1. The highest BCUT2D eigenvalue weighted by Gasteiger charge is 2.35. The number of nitrogens with one attached hydrogen (secondary N) is 2. The van der Waals surface area contributed by atoms with Crippen LogP contribution in [0.4, 0.5) is 19.3 Å². The summed E-state index contributed by atoms with van der Waals surface area (Å²) in [7, 11) is 2.10. The van der Waals surface area contributed by atoms with Gasteiger partial charge in [-0.15, -0.1) is 0 Å². The minimum Gasteiger partial charge on any atom is -0.337 e. The maximum Gasteiger partial charge on any atom is 0.319 e. The molecule has 0 radical (unpaired) electrons. The summed E-state index contributed by atoms with van der Waals surface area (Å²) in [6.45, 7) is 2.30. The zero-order valence-corrected chi connectivity index (χ0v) is 17.9. The summed E-state index contributed by atoms with van der Waals surface area (Å²) in [6, 6.07) is 15.2. The molecule has 7 heteroatoms. The zero-order chi connectivity index (χ0) is 22.6. The molecule has 0 unspecified atom stereocenters. The Labute approximate surface area is 186 Å². The maximum absolute atomic E-state index is 13.4. The number of carbonyl (C=O) groups excluding carboxylic acids is 1. The number of piperidine rings is 1. The van der Waals surface area contributed by atoms with Gasteiger partial charge in [0.05, 0.1) is 0 Å². The average Bonchev–Trinajstić information content (AvgIpc) is 2.82. The first kappa shape index (κ1) is 21.9. The lowest BCUT2D eigenvalue weighted by atomic mass is 9.72. The summed E-state index contributed by atoms with van der Waals surface area (Å²) in [4.78, 5) is 18.9. The summed E-state index contributed by atoms with van der Waals surface area (Å²) >= 11 is 0. The third-order valence-corrected chi connectivity index (χ3v) is 6.20. The first-order chi connectivity index (χ1) is 15.4. The fraction of sp³-hybridized carbons (Fsp3) is 0.280. The molecule has 2 aromatic carbocycles. The fourth-order valence-electron chi connectivity index (χ4n) is 4.16. The van der Waals surface area contributed by atoms with Crippen LogP contribution in [0.2, 0.25) is 0 Å². The molecule has 32 heavy (non-hydrogen) atoms. The number of nitrogens with zero attached hydrogens (tertiary/aromatic N) is 2. The third-order valence-electron chi connectivity index (χ3n) is 6.20. The summed E-state index contributed by atoms with van der Waals surface area (Å²) < 4.78 is 26.5. The van der Waals surface area contributed by atoms with E-state index >= 15 is 0 Å². The molecular formula is C25H26F2N4O. The lowest BCUT2D eigenvalue weighted by molar-refractivity contribution is 0.183. The molecule has 0 aliphatic carbocycles. The lowest BCUT2D eigenvalue weighted by Gasteiger charge is -2.41. The standard InChI is InChI=1S/C25H26F2N4O/c1-31-13-10-25(11-14-31,17-29-24(32)30-21-8-9-22(26)23(27)15-21)20-6-4-18(5-7-20)19-3-2-12-28-16-19/h2-9,12,15-16H,10-11,13-14,17H2,1H3,(H2,29,30,32). The van der Waals surface area contributed by atoms with E-state index in [1.807, 2.05) is 18.3 Å². The number of hydrogen-bond acceptors (Lipinski definition) is 3. The van der Waals surface area contributed by atoms with Crippen molar-refractivity contribution in [3.05, 3.63) is 84.2 Å². The van der Waals surface area contributed by atoms with Crippen LogP contribution in [0, 0.1) is 11.6 Å². The van der Waals surface area contributed by atoms with Crippen LogP contribution in [0.25, 0.3) is 11.1 Å². The van der Waals surface area contributed by atoms with Crippen molar-refractivity contribution in [3.8, 4) is 11.1 Å². The maximum atomic E-state index is 13.4. The molecule has 3 aromatic rings. The van der Waals surface area contributed by atoms with Crippen LogP contribution in [-0.2, 0) is 5.41 Å². The second kappa shape index (κ2) is 9.44. The number of amides is 2. The van der Waals surface area contributed by atoms with Gasteiger partial charge < -0.3 is 15.5 Å². The number of halogens is 2. The number of carbonyl (C=O) groups is 1. The lowest BCUT2D eigenvalue weighted by Crippen LogP contribution is -2.48. The van der Waals surface area contributed by atoms with Crippen molar-refractivity contribution in [1.29, 1.82) is 0 Å². The Bertz CT molecular complexity index is 1070. The Morgan fingerprint density at radius 2 is 1.78 bits per heavy atom. The Hall–Kier alpha value is -3.32. The Morgan fingerprint density at radius 1 is 1.03 bits per heavy atom. The van der Waals surface area contributed by atoms with Gasteiger partial charge in [0, 0.05) is 36.1 Å². The van der Waals surface area contributed by atoms with Crippen molar-refractivity contribution >= 4 is 11.7 Å². The number of hydrogen-bond donors (Lipinski definition) is 2. The van der Waals surface area contributed by atoms with Gasteiger partial charge in [-0.2, -0.15) is 0 Å². The summed E-state index contributed by atoms with van der Waals surface area (Å²) in [5, 5.41) is 5.52. The van der Waals surface area contributed by atoms with E-state index in [0.717, 1.165) is 49.2 Å². The number of urea groups is 1. The highest BCUT2D eigenvalue weighted by Crippen LogP contribution is 2.36. The molecule has 1 aromatic heterocycles. The highest BCUT2D eigenvalue weighted by molar-refractivity contribution is 5.89. The second-order valence-electron chi connectivity index (χ2n) is 8.34. The molecule has 4 rings (SSSR count). The minimum atomic E-state index is -0.997. The van der Waals surface area contributed by atoms with Gasteiger partial charge in [0.2, 0.25) is 0 Å². The van der Waals surface area contributed by atoms with Crippen LogP contribution in [0.1, 0.15) is 18.4 Å². The van der Waals surface area contributed by atoms with Gasteiger partial charge in [-0.3, -0.25) is 4.98 Å². The number of rotatable bonds is 5. The van der Waals surface area contributed by atoms with Gasteiger partial charge in [0.15, 0.2) is 11.6 Å². The van der Waals surface area contributed by atoms with Gasteiger partial charge in [0.1, 0.15) is 0 Å². The first-order valence-corrected chi connectivity index (χ1v) is 10.6. The number of pyridine rings is 1. The molecule has 0 saturated carbocycles. The molecule has 2 amide bonds. The predicted octanol–water partition coefficient (Wildman–Crippen LogP) is 4.81. The van der Waals surface area contributed by atoms with Crippen LogP contribution in [0.15, 0.2) is 67.0 Å². The molecular weight excluding hydrogens is 410 g/mol. The van der Waals surface area contributed by atoms with Crippen molar-refractivity contribution in [3.63, 3.8) is 0 Å². The van der Waals surface area contributed by atoms with Crippen molar-refractivity contribution < 1.29 is 13.6 Å². The Morgan fingerprint density at radius 3 is 2.44 bits per heavy atom. The first-order valence-electron chi connectivity index (χ1n) is 10.6. The topological polar surface area (TPSA) is 57.3 Å². The van der Waals surface area contributed by atoms with E-state index in [2.05, 4.69) is 51.8 Å². The molecule has 5 nitrogen and oxygen atoms in total. The molecule has 0 spiro atoms. The van der Waals surface area contributed by atoms with Crippen molar-refractivity contribution in [1.82, 2.24) is 15.2 Å². The Kier molecular flexibility index (Phi) is 6.46. The minimum absolute atomic E-state index is 0.203. The van der Waals surface area contributed by atoms with E-state index < -0.39 is 17.7 Å². The van der Waals surface area contributed by atoms with Gasteiger partial charge in [-0.1, -0.05) is 30.3 Å². The molecule has 166 valence electrons. The molecule has 1 aliphatic heterocycles. The smallest absolute Gasteiger partial charge is 0.319 e. The van der Waals surface area contributed by atoms with Crippen LogP contribution in [-0.4, -0.2) is 42.6 Å². The van der Waals surface area contributed by atoms with Gasteiger partial charge in [-0.25, -0.2) is 13.6 Å². The van der Waals surface area contributed by atoms with Crippen molar-refractivity contribution in [2.45, 2.75) is 18.3 Å². The average molecular weight is 437 g/mol. The van der Waals surface area contributed by atoms with Gasteiger partial charge in [0.25, 0.3) is 0 Å². The summed E-state index contributed by atoms with van der Waals surface area (Å²) in [5.41, 5.74) is 3.33. The largest absolute Gasteiger partial charge is 0.337 e. The molecule has 2 heterocycles. The van der Waals surface area contributed by atoms with E-state index in [4.69, 9.17) is 0 Å². The van der Waals surface area contributed by atoms with E-state index in [1.165, 1.54) is 11.6 Å². The van der Waals surface area contributed by atoms with Crippen LogP contribution in [0.3, 0.4) is 0 Å². The van der Waals surface area contributed by atoms with E-state index in [0.29, 0.717) is 6.54 Å². The van der Waals surface area contributed by atoms with Crippen molar-refractivity contribution in [2.24, 2.45) is 0 Å². The summed E-state index contributed by atoms with van der Waals surface area (Å²) in [6.07, 6.45) is 5.40. The van der Waals surface area contributed by atoms with Gasteiger partial charge in [-0.05, 0) is 67.9 Å². The normalized spacial score (nSPS) is 15.8.